The van der Waals surface area contributed by atoms with E-state index < -0.39 is 6.10 Å². The van der Waals surface area contributed by atoms with Gasteiger partial charge in [-0.05, 0) is 31.2 Å². The Balaban J connectivity index is 1.55. The standard InChI is InChI=1S/C15H20ClN3O2/c16-14-5-1-2-6-15(14)21-12-13(20)11-17-7-3-9-19-10-4-8-18-19/h1-2,4-6,8,10,13,17,20H,3,7,9,11-12H2. The van der Waals surface area contributed by atoms with E-state index in [1.165, 1.54) is 0 Å². The molecule has 21 heavy (non-hydrogen) atoms. The average Bonchev–Trinajstić information content (AvgIpc) is 2.99. The molecular formula is C15H20ClN3O2. The van der Waals surface area contributed by atoms with Gasteiger partial charge in [0.05, 0.1) is 5.02 Å². The molecule has 2 rings (SSSR count). The molecule has 0 aliphatic carbocycles. The van der Waals surface area contributed by atoms with Crippen LogP contribution in [0, 0.1) is 0 Å². The van der Waals surface area contributed by atoms with Gasteiger partial charge >= 0.3 is 0 Å². The van der Waals surface area contributed by atoms with Crippen LogP contribution >= 0.6 is 11.6 Å². The van der Waals surface area contributed by atoms with E-state index >= 15 is 0 Å². The molecule has 1 aromatic heterocycles. The monoisotopic (exact) mass is 309 g/mol. The van der Waals surface area contributed by atoms with Crippen molar-refractivity contribution in [2.75, 3.05) is 19.7 Å². The lowest BCUT2D eigenvalue weighted by Gasteiger charge is -2.14. The number of aryl methyl sites for hydroxylation is 1. The number of aliphatic hydroxyl groups is 1. The molecule has 0 saturated carbocycles. The molecule has 5 nitrogen and oxygen atoms in total. The van der Waals surface area contributed by atoms with Crippen molar-refractivity contribution in [3.8, 4) is 5.75 Å². The number of benzene rings is 1. The van der Waals surface area contributed by atoms with Gasteiger partial charge in [0.2, 0.25) is 0 Å². The van der Waals surface area contributed by atoms with E-state index in [4.69, 9.17) is 16.3 Å². The van der Waals surface area contributed by atoms with E-state index in [2.05, 4.69) is 10.4 Å². The summed E-state index contributed by atoms with van der Waals surface area (Å²) in [6.07, 6.45) is 4.10. The number of ether oxygens (including phenoxy) is 1. The predicted molar refractivity (Wildman–Crippen MR) is 82.7 cm³/mol. The summed E-state index contributed by atoms with van der Waals surface area (Å²) in [6.45, 7) is 2.40. The molecule has 0 fully saturated rings. The van der Waals surface area contributed by atoms with Crippen molar-refractivity contribution in [1.82, 2.24) is 15.1 Å². The van der Waals surface area contributed by atoms with E-state index in [9.17, 15) is 5.11 Å². The highest BCUT2D eigenvalue weighted by molar-refractivity contribution is 6.32. The second kappa shape index (κ2) is 8.67. The zero-order valence-electron chi connectivity index (χ0n) is 11.8. The van der Waals surface area contributed by atoms with Gasteiger partial charge in [-0.2, -0.15) is 5.10 Å². The lowest BCUT2D eigenvalue weighted by atomic mass is 10.3. The summed E-state index contributed by atoms with van der Waals surface area (Å²) in [5.41, 5.74) is 0. The molecule has 1 heterocycles. The Hall–Kier alpha value is -1.56. The van der Waals surface area contributed by atoms with Crippen molar-refractivity contribution in [3.63, 3.8) is 0 Å². The highest BCUT2D eigenvalue weighted by Gasteiger charge is 2.06. The predicted octanol–water partition coefficient (Wildman–Crippen LogP) is 1.96. The van der Waals surface area contributed by atoms with Crippen LogP contribution in [0.4, 0.5) is 0 Å². The van der Waals surface area contributed by atoms with Crippen LogP contribution in [0.3, 0.4) is 0 Å². The van der Waals surface area contributed by atoms with E-state index in [1.54, 1.807) is 18.3 Å². The zero-order valence-corrected chi connectivity index (χ0v) is 12.5. The van der Waals surface area contributed by atoms with Gasteiger partial charge in [-0.15, -0.1) is 0 Å². The molecular weight excluding hydrogens is 290 g/mol. The van der Waals surface area contributed by atoms with Gasteiger partial charge in [0.1, 0.15) is 18.5 Å². The second-order valence-electron chi connectivity index (χ2n) is 4.72. The fourth-order valence-corrected chi connectivity index (χ4v) is 2.06. The van der Waals surface area contributed by atoms with Crippen LogP contribution < -0.4 is 10.1 Å². The minimum absolute atomic E-state index is 0.218. The fraction of sp³-hybridized carbons (Fsp3) is 0.400. The summed E-state index contributed by atoms with van der Waals surface area (Å²) >= 11 is 5.97. The Morgan fingerprint density at radius 2 is 2.19 bits per heavy atom. The lowest BCUT2D eigenvalue weighted by molar-refractivity contribution is 0.106. The quantitative estimate of drug-likeness (QED) is 0.695. The molecule has 1 atom stereocenters. The lowest BCUT2D eigenvalue weighted by Crippen LogP contribution is -2.32. The number of rotatable bonds is 9. The van der Waals surface area contributed by atoms with Gasteiger partial charge in [0.15, 0.2) is 0 Å². The Kier molecular flexibility index (Phi) is 6.53. The maximum absolute atomic E-state index is 9.84. The van der Waals surface area contributed by atoms with Gasteiger partial charge in [-0.25, -0.2) is 0 Å². The summed E-state index contributed by atoms with van der Waals surface area (Å²) in [6, 6.07) is 9.14. The van der Waals surface area contributed by atoms with Crippen LogP contribution in [0.25, 0.3) is 0 Å². The van der Waals surface area contributed by atoms with Crippen LogP contribution in [0.1, 0.15) is 6.42 Å². The summed E-state index contributed by atoms with van der Waals surface area (Å²) in [7, 11) is 0. The first-order valence-corrected chi connectivity index (χ1v) is 7.37. The van der Waals surface area contributed by atoms with Crippen LogP contribution in [0.2, 0.25) is 5.02 Å². The first-order chi connectivity index (χ1) is 10.3. The minimum atomic E-state index is -0.564. The third kappa shape index (κ3) is 5.75. The van der Waals surface area contributed by atoms with E-state index in [0.717, 1.165) is 19.5 Å². The SMILES string of the molecule is OC(CNCCCn1cccn1)COc1ccccc1Cl. The van der Waals surface area contributed by atoms with Gasteiger partial charge in [0, 0.05) is 25.5 Å². The molecule has 1 aromatic carbocycles. The van der Waals surface area contributed by atoms with Gasteiger partial charge in [0.25, 0.3) is 0 Å². The maximum atomic E-state index is 9.84. The van der Waals surface area contributed by atoms with E-state index in [-0.39, 0.29) is 6.61 Å². The molecule has 0 bridgehead atoms. The molecule has 0 radical (unpaired) electrons. The molecule has 0 aliphatic rings. The van der Waals surface area contributed by atoms with Crippen molar-refractivity contribution < 1.29 is 9.84 Å². The average molecular weight is 310 g/mol. The van der Waals surface area contributed by atoms with Crippen molar-refractivity contribution in [2.24, 2.45) is 0 Å². The zero-order chi connectivity index (χ0) is 14.9. The Morgan fingerprint density at radius 1 is 1.33 bits per heavy atom. The molecule has 2 aromatic rings. The number of nitrogens with zero attached hydrogens (tertiary/aromatic N) is 2. The molecule has 0 saturated heterocycles. The van der Waals surface area contributed by atoms with Crippen LogP contribution in [0.15, 0.2) is 42.7 Å². The largest absolute Gasteiger partial charge is 0.489 e. The molecule has 2 N–H and O–H groups in total. The van der Waals surface area contributed by atoms with Crippen molar-refractivity contribution in [1.29, 1.82) is 0 Å². The van der Waals surface area contributed by atoms with Crippen LogP contribution in [-0.4, -0.2) is 40.7 Å². The number of hydrogen-bond donors (Lipinski definition) is 2. The fourth-order valence-electron chi connectivity index (χ4n) is 1.87. The number of aromatic nitrogens is 2. The Bertz CT molecular complexity index is 519. The smallest absolute Gasteiger partial charge is 0.138 e. The van der Waals surface area contributed by atoms with Crippen molar-refractivity contribution >= 4 is 11.6 Å². The van der Waals surface area contributed by atoms with Crippen LogP contribution in [0.5, 0.6) is 5.75 Å². The molecule has 6 heteroatoms. The molecule has 0 spiro atoms. The second-order valence-corrected chi connectivity index (χ2v) is 5.13. The molecule has 0 amide bonds. The molecule has 114 valence electrons. The summed E-state index contributed by atoms with van der Waals surface area (Å²) < 4.78 is 7.37. The highest BCUT2D eigenvalue weighted by Crippen LogP contribution is 2.22. The molecule has 0 aliphatic heterocycles. The number of aliphatic hydroxyl groups excluding tert-OH is 1. The first kappa shape index (κ1) is 15.8. The van der Waals surface area contributed by atoms with E-state index in [0.29, 0.717) is 17.3 Å². The Labute approximate surface area is 129 Å². The maximum Gasteiger partial charge on any atom is 0.138 e. The van der Waals surface area contributed by atoms with Gasteiger partial charge in [-0.3, -0.25) is 4.68 Å². The minimum Gasteiger partial charge on any atom is -0.489 e. The summed E-state index contributed by atoms with van der Waals surface area (Å²) in [5.74, 6) is 0.594. The summed E-state index contributed by atoms with van der Waals surface area (Å²) in [4.78, 5) is 0. The highest BCUT2D eigenvalue weighted by atomic mass is 35.5. The topological polar surface area (TPSA) is 59.3 Å². The third-order valence-corrected chi connectivity index (χ3v) is 3.26. The number of halogens is 1. The third-order valence-electron chi connectivity index (χ3n) is 2.95. The first-order valence-electron chi connectivity index (χ1n) is 6.99. The van der Waals surface area contributed by atoms with Gasteiger partial charge < -0.3 is 15.2 Å². The summed E-state index contributed by atoms with van der Waals surface area (Å²) in [5, 5.41) is 17.7. The Morgan fingerprint density at radius 3 is 2.95 bits per heavy atom. The van der Waals surface area contributed by atoms with E-state index in [1.807, 2.05) is 29.1 Å². The normalized spacial score (nSPS) is 12.3. The number of hydrogen-bond acceptors (Lipinski definition) is 4. The van der Waals surface area contributed by atoms with Crippen molar-refractivity contribution in [3.05, 3.63) is 47.7 Å². The number of para-hydroxylation sites is 1. The molecule has 1 unspecified atom stereocenters. The van der Waals surface area contributed by atoms with Crippen LogP contribution in [-0.2, 0) is 6.54 Å². The number of nitrogens with one attached hydrogen (secondary N) is 1. The van der Waals surface area contributed by atoms with Crippen molar-refractivity contribution in [2.45, 2.75) is 19.1 Å². The van der Waals surface area contributed by atoms with Gasteiger partial charge in [-0.1, -0.05) is 23.7 Å².